The maximum atomic E-state index is 8.54. The molecule has 1 atom stereocenters. The fourth-order valence-corrected chi connectivity index (χ4v) is 0.974. The first-order valence-corrected chi connectivity index (χ1v) is 4.92. The number of nitrogens with zero attached hydrogens (tertiary/aromatic N) is 1. The van der Waals surface area contributed by atoms with Crippen molar-refractivity contribution in [2.75, 3.05) is 19.1 Å². The van der Waals surface area contributed by atoms with Gasteiger partial charge in [-0.25, -0.2) is 0 Å². The Morgan fingerprint density at radius 3 is 2.75 bits per heavy atom. The summed E-state index contributed by atoms with van der Waals surface area (Å²) in [7, 11) is 0. The van der Waals surface area contributed by atoms with Crippen LogP contribution in [0.5, 0.6) is 0 Å². The van der Waals surface area contributed by atoms with Crippen LogP contribution >= 0.6 is 11.6 Å². The highest BCUT2D eigenvalue weighted by atomic mass is 35.5. The lowest BCUT2D eigenvalue weighted by atomic mass is 10.1. The minimum atomic E-state index is -0.0479. The van der Waals surface area contributed by atoms with Crippen LogP contribution in [-0.2, 0) is 4.74 Å². The van der Waals surface area contributed by atoms with Gasteiger partial charge in [-0.3, -0.25) is 0 Å². The molecular formula is C9H16ClNO. The molecule has 2 nitrogen and oxygen atoms in total. The second kappa shape index (κ2) is 8.83. The summed E-state index contributed by atoms with van der Waals surface area (Å²) in [5.74, 6) is 0.362. The van der Waals surface area contributed by atoms with E-state index in [-0.39, 0.29) is 5.92 Å². The summed E-state index contributed by atoms with van der Waals surface area (Å²) in [6.07, 6.45) is 3.00. The molecule has 0 aromatic rings. The highest BCUT2D eigenvalue weighted by molar-refractivity contribution is 6.18. The molecule has 0 aromatic heterocycles. The number of alkyl halides is 1. The Labute approximate surface area is 79.5 Å². The highest BCUT2D eigenvalue weighted by Gasteiger charge is 2.04. The van der Waals surface area contributed by atoms with Crippen molar-refractivity contribution in [3.05, 3.63) is 0 Å². The molecule has 0 fully saturated rings. The minimum absolute atomic E-state index is 0.0479. The number of unbranched alkanes of at least 4 members (excludes halogenated alkanes) is 1. The van der Waals surface area contributed by atoms with Crippen LogP contribution in [0.25, 0.3) is 0 Å². The maximum Gasteiger partial charge on any atom is 0.0669 e. The van der Waals surface area contributed by atoms with E-state index in [2.05, 4.69) is 13.0 Å². The summed E-state index contributed by atoms with van der Waals surface area (Å²) in [4.78, 5) is 0. The molecule has 0 heterocycles. The zero-order valence-electron chi connectivity index (χ0n) is 7.55. The number of hydrogen-bond donors (Lipinski definition) is 0. The van der Waals surface area contributed by atoms with Gasteiger partial charge in [-0.1, -0.05) is 13.3 Å². The molecule has 12 heavy (non-hydrogen) atoms. The van der Waals surface area contributed by atoms with Crippen molar-refractivity contribution < 1.29 is 4.74 Å². The monoisotopic (exact) mass is 189 g/mol. The van der Waals surface area contributed by atoms with Gasteiger partial charge >= 0.3 is 0 Å². The van der Waals surface area contributed by atoms with Gasteiger partial charge in [-0.15, -0.1) is 11.6 Å². The van der Waals surface area contributed by atoms with E-state index in [0.29, 0.717) is 12.5 Å². The first kappa shape index (κ1) is 11.7. The summed E-state index contributed by atoms with van der Waals surface area (Å²) < 4.78 is 5.30. The summed E-state index contributed by atoms with van der Waals surface area (Å²) in [5.41, 5.74) is 0. The third-order valence-electron chi connectivity index (χ3n) is 1.62. The summed E-state index contributed by atoms with van der Waals surface area (Å²) >= 11 is 5.53. The summed E-state index contributed by atoms with van der Waals surface area (Å²) in [6.45, 7) is 3.59. The lowest BCUT2D eigenvalue weighted by Gasteiger charge is -2.05. The molecule has 0 amide bonds. The number of nitriles is 1. The smallest absolute Gasteiger partial charge is 0.0669 e. The van der Waals surface area contributed by atoms with E-state index in [1.54, 1.807) is 0 Å². The fourth-order valence-electron chi connectivity index (χ4n) is 0.750. The van der Waals surface area contributed by atoms with Crippen LogP contribution < -0.4 is 0 Å². The third kappa shape index (κ3) is 6.45. The van der Waals surface area contributed by atoms with Crippen LogP contribution in [0.2, 0.25) is 0 Å². The lowest BCUT2D eigenvalue weighted by Crippen LogP contribution is -2.05. The second-order valence-electron chi connectivity index (χ2n) is 2.73. The maximum absolute atomic E-state index is 8.54. The normalized spacial score (nSPS) is 12.4. The molecular weight excluding hydrogens is 174 g/mol. The van der Waals surface area contributed by atoms with E-state index in [4.69, 9.17) is 21.6 Å². The molecule has 3 heteroatoms. The zero-order valence-corrected chi connectivity index (χ0v) is 8.31. The van der Waals surface area contributed by atoms with E-state index in [1.807, 2.05) is 0 Å². The van der Waals surface area contributed by atoms with Crippen LogP contribution in [-0.4, -0.2) is 19.1 Å². The topological polar surface area (TPSA) is 33.0 Å². The van der Waals surface area contributed by atoms with Gasteiger partial charge in [-0.2, -0.15) is 5.26 Å². The summed E-state index contributed by atoms with van der Waals surface area (Å²) in [5, 5.41) is 8.54. The zero-order chi connectivity index (χ0) is 9.23. The first-order valence-electron chi connectivity index (χ1n) is 4.38. The minimum Gasteiger partial charge on any atom is -0.381 e. The molecule has 0 aliphatic carbocycles. The van der Waals surface area contributed by atoms with Gasteiger partial charge < -0.3 is 4.74 Å². The van der Waals surface area contributed by atoms with Crippen LogP contribution in [0.3, 0.4) is 0 Å². The Hall–Kier alpha value is -0.260. The van der Waals surface area contributed by atoms with E-state index < -0.39 is 0 Å². The Balaban J connectivity index is 3.13. The Morgan fingerprint density at radius 1 is 1.50 bits per heavy atom. The van der Waals surface area contributed by atoms with Gasteiger partial charge in [0, 0.05) is 19.1 Å². The van der Waals surface area contributed by atoms with Crippen molar-refractivity contribution >= 4 is 11.6 Å². The largest absolute Gasteiger partial charge is 0.381 e. The fraction of sp³-hybridized carbons (Fsp3) is 0.889. The molecule has 1 unspecified atom stereocenters. The van der Waals surface area contributed by atoms with Gasteiger partial charge in [0.05, 0.1) is 12.0 Å². The molecule has 0 aromatic carbocycles. The Bertz CT molecular complexity index is 133. The third-order valence-corrected chi connectivity index (χ3v) is 1.99. The number of hydrogen-bond acceptors (Lipinski definition) is 2. The lowest BCUT2D eigenvalue weighted by molar-refractivity contribution is 0.124. The van der Waals surface area contributed by atoms with Gasteiger partial charge in [-0.05, 0) is 12.8 Å². The van der Waals surface area contributed by atoms with Gasteiger partial charge in [0.2, 0.25) is 0 Å². The van der Waals surface area contributed by atoms with Crippen molar-refractivity contribution in [3.8, 4) is 6.07 Å². The second-order valence-corrected chi connectivity index (χ2v) is 3.04. The van der Waals surface area contributed by atoms with Crippen molar-refractivity contribution in [1.29, 1.82) is 5.26 Å². The Morgan fingerprint density at radius 2 is 2.25 bits per heavy atom. The van der Waals surface area contributed by atoms with E-state index in [9.17, 15) is 0 Å². The average Bonchev–Trinajstić information content (AvgIpc) is 2.11. The molecule has 0 N–H and O–H groups in total. The molecule has 0 bridgehead atoms. The van der Waals surface area contributed by atoms with E-state index in [1.165, 1.54) is 0 Å². The van der Waals surface area contributed by atoms with Gasteiger partial charge in [0.1, 0.15) is 0 Å². The van der Waals surface area contributed by atoms with Crippen LogP contribution in [0.4, 0.5) is 0 Å². The van der Waals surface area contributed by atoms with E-state index >= 15 is 0 Å². The molecule has 0 saturated carbocycles. The van der Waals surface area contributed by atoms with Crippen LogP contribution in [0.15, 0.2) is 0 Å². The molecule has 0 aliphatic rings. The molecule has 0 spiro atoms. The Kier molecular flexibility index (Phi) is 8.64. The SMILES string of the molecule is CCCCOCCC(C#N)CCl. The van der Waals surface area contributed by atoms with Gasteiger partial charge in [0.25, 0.3) is 0 Å². The molecule has 0 rings (SSSR count). The highest BCUT2D eigenvalue weighted by Crippen LogP contribution is 2.04. The van der Waals surface area contributed by atoms with Crippen LogP contribution in [0, 0.1) is 17.2 Å². The number of ether oxygens (including phenoxy) is 1. The molecule has 0 radical (unpaired) electrons. The van der Waals surface area contributed by atoms with Crippen LogP contribution in [0.1, 0.15) is 26.2 Å². The van der Waals surface area contributed by atoms with Crippen molar-refractivity contribution in [1.82, 2.24) is 0 Å². The van der Waals surface area contributed by atoms with Crippen molar-refractivity contribution in [3.63, 3.8) is 0 Å². The van der Waals surface area contributed by atoms with E-state index in [0.717, 1.165) is 25.9 Å². The standard InChI is InChI=1S/C9H16ClNO/c1-2-3-5-12-6-4-9(7-10)8-11/h9H,2-7H2,1H3. The van der Waals surface area contributed by atoms with Crippen molar-refractivity contribution in [2.24, 2.45) is 5.92 Å². The quantitative estimate of drug-likeness (QED) is 0.456. The number of rotatable bonds is 7. The first-order chi connectivity index (χ1) is 5.85. The summed E-state index contributed by atoms with van der Waals surface area (Å²) in [6, 6.07) is 2.13. The number of halogens is 1. The predicted octanol–water partition coefficient (Wildman–Crippen LogP) is 2.57. The predicted molar refractivity (Wildman–Crippen MR) is 50.2 cm³/mol. The molecule has 0 saturated heterocycles. The van der Waals surface area contributed by atoms with Gasteiger partial charge in [0.15, 0.2) is 0 Å². The average molecular weight is 190 g/mol. The van der Waals surface area contributed by atoms with Crippen molar-refractivity contribution in [2.45, 2.75) is 26.2 Å². The molecule has 70 valence electrons. The molecule has 0 aliphatic heterocycles.